The third-order valence-corrected chi connectivity index (χ3v) is 11.4. The van der Waals surface area contributed by atoms with Gasteiger partial charge in [-0.1, -0.05) is 5.57 Å². The Bertz CT molecular complexity index is 1800. The zero-order valence-electron chi connectivity index (χ0n) is 23.5. The second kappa shape index (κ2) is 9.58. The van der Waals surface area contributed by atoms with Crippen LogP contribution in [0.3, 0.4) is 0 Å². The normalized spacial score (nSPS) is 20.7. The predicted octanol–water partition coefficient (Wildman–Crippen LogP) is 5.31. The maximum absolute atomic E-state index is 14.5. The van der Waals surface area contributed by atoms with Crippen LogP contribution >= 0.6 is 0 Å². The van der Waals surface area contributed by atoms with E-state index in [0.29, 0.717) is 31.4 Å². The SMILES string of the molecule is Cc1ccnc(C(=O)[C@]23Cc4cnn(-c5ccc(F)cc5)c4C=C2CC[C@H](C(C)(C)S(=O)(=O)c2ccn(C)n2)C3)c1. The van der Waals surface area contributed by atoms with Crippen molar-refractivity contribution in [2.45, 2.75) is 56.2 Å². The first kappa shape index (κ1) is 27.3. The highest BCUT2D eigenvalue weighted by atomic mass is 32.2. The number of aryl methyl sites for hydroxylation is 2. The van der Waals surface area contributed by atoms with Crippen molar-refractivity contribution in [2.75, 3.05) is 0 Å². The molecule has 2 atom stereocenters. The molecule has 0 unspecified atom stereocenters. The summed E-state index contributed by atoms with van der Waals surface area (Å²) in [5.41, 5.74) is 3.73. The minimum Gasteiger partial charge on any atom is -0.291 e. The van der Waals surface area contributed by atoms with Crippen molar-refractivity contribution in [1.29, 1.82) is 0 Å². The van der Waals surface area contributed by atoms with Crippen molar-refractivity contribution in [3.05, 3.63) is 95.0 Å². The van der Waals surface area contributed by atoms with Gasteiger partial charge in [0, 0.05) is 19.4 Å². The molecule has 0 bridgehead atoms. The maximum atomic E-state index is 14.5. The molecule has 1 saturated carbocycles. The summed E-state index contributed by atoms with van der Waals surface area (Å²) < 4.78 is 43.4. The van der Waals surface area contributed by atoms with Crippen molar-refractivity contribution in [1.82, 2.24) is 24.5 Å². The van der Waals surface area contributed by atoms with E-state index in [1.54, 1.807) is 62.4 Å². The highest BCUT2D eigenvalue weighted by Crippen LogP contribution is 2.55. The Balaban J connectivity index is 1.45. The molecule has 0 spiro atoms. The van der Waals surface area contributed by atoms with E-state index < -0.39 is 20.0 Å². The van der Waals surface area contributed by atoms with Gasteiger partial charge >= 0.3 is 0 Å². The first-order valence-corrected chi connectivity index (χ1v) is 15.2. The number of rotatable bonds is 6. The molecule has 2 aliphatic carbocycles. The van der Waals surface area contributed by atoms with Gasteiger partial charge in [-0.25, -0.2) is 17.5 Å². The van der Waals surface area contributed by atoms with Gasteiger partial charge < -0.3 is 0 Å². The number of allylic oxidation sites excluding steroid dienone is 1. The van der Waals surface area contributed by atoms with Crippen LogP contribution in [-0.4, -0.2) is 43.5 Å². The van der Waals surface area contributed by atoms with E-state index in [0.717, 1.165) is 28.1 Å². The molecule has 4 aromatic rings. The third-order valence-electron chi connectivity index (χ3n) is 8.96. The summed E-state index contributed by atoms with van der Waals surface area (Å²) in [5, 5.41) is 8.85. The van der Waals surface area contributed by atoms with E-state index in [2.05, 4.69) is 15.2 Å². The van der Waals surface area contributed by atoms with Crippen molar-refractivity contribution in [3.63, 3.8) is 0 Å². The fourth-order valence-electron chi connectivity index (χ4n) is 6.42. The molecule has 8 nitrogen and oxygen atoms in total. The molecule has 0 saturated heterocycles. The van der Waals surface area contributed by atoms with Crippen LogP contribution in [0.2, 0.25) is 0 Å². The van der Waals surface area contributed by atoms with Crippen LogP contribution in [0.15, 0.2) is 71.7 Å². The predicted molar refractivity (Wildman–Crippen MR) is 153 cm³/mol. The first-order valence-electron chi connectivity index (χ1n) is 13.7. The number of fused-ring (bicyclic) bond motifs is 2. The number of pyridine rings is 1. The summed E-state index contributed by atoms with van der Waals surface area (Å²) in [4.78, 5) is 18.9. The van der Waals surface area contributed by atoms with Crippen LogP contribution in [0.25, 0.3) is 11.8 Å². The fraction of sp³-hybridized carbons (Fsp3) is 0.355. The molecule has 0 amide bonds. The molecule has 0 aliphatic heterocycles. The van der Waals surface area contributed by atoms with E-state index in [-0.39, 0.29) is 22.5 Å². The van der Waals surface area contributed by atoms with Gasteiger partial charge in [-0.15, -0.1) is 0 Å². The summed E-state index contributed by atoms with van der Waals surface area (Å²) in [7, 11) is -2.11. The second-order valence-corrected chi connectivity index (χ2v) is 14.3. The van der Waals surface area contributed by atoms with E-state index in [4.69, 9.17) is 0 Å². The Labute approximate surface area is 238 Å². The molecule has 41 heavy (non-hydrogen) atoms. The first-order chi connectivity index (χ1) is 19.4. The van der Waals surface area contributed by atoms with E-state index in [1.165, 1.54) is 22.9 Å². The monoisotopic (exact) mass is 573 g/mol. The van der Waals surface area contributed by atoms with Gasteiger partial charge in [-0.2, -0.15) is 10.2 Å². The van der Waals surface area contributed by atoms with Gasteiger partial charge in [0.1, 0.15) is 11.5 Å². The van der Waals surface area contributed by atoms with Crippen LogP contribution in [0, 0.1) is 24.1 Å². The molecular formula is C31H32FN5O3S. The summed E-state index contributed by atoms with van der Waals surface area (Å²) >= 11 is 0. The number of nitrogens with zero attached hydrogens (tertiary/aromatic N) is 5. The molecule has 10 heteroatoms. The number of hydrogen-bond donors (Lipinski definition) is 0. The summed E-state index contributed by atoms with van der Waals surface area (Å²) in [6, 6.07) is 11.3. The summed E-state index contributed by atoms with van der Waals surface area (Å²) in [6.07, 6.45) is 8.93. The number of halogens is 1. The Morgan fingerprint density at radius 1 is 1.15 bits per heavy atom. The topological polar surface area (TPSA) is 99.7 Å². The molecule has 212 valence electrons. The molecule has 1 fully saturated rings. The molecule has 0 N–H and O–H groups in total. The molecule has 6 rings (SSSR count). The van der Waals surface area contributed by atoms with Crippen molar-refractivity contribution in [3.8, 4) is 5.69 Å². The maximum Gasteiger partial charge on any atom is 0.202 e. The van der Waals surface area contributed by atoms with Gasteiger partial charge in [0.15, 0.2) is 10.8 Å². The van der Waals surface area contributed by atoms with Crippen LogP contribution in [0.4, 0.5) is 4.39 Å². The van der Waals surface area contributed by atoms with E-state index in [9.17, 15) is 17.6 Å². The number of ketones is 1. The molecule has 3 aromatic heterocycles. The Hall–Kier alpha value is -3.92. The second-order valence-electron chi connectivity index (χ2n) is 11.8. The minimum atomic E-state index is -3.80. The number of sulfone groups is 1. The molecule has 0 radical (unpaired) electrons. The van der Waals surface area contributed by atoms with Crippen LogP contribution < -0.4 is 0 Å². The van der Waals surface area contributed by atoms with Crippen molar-refractivity contribution in [2.24, 2.45) is 18.4 Å². The number of hydrogen-bond acceptors (Lipinski definition) is 6. The highest BCUT2D eigenvalue weighted by molar-refractivity contribution is 7.92. The van der Waals surface area contributed by atoms with Gasteiger partial charge in [-0.3, -0.25) is 14.5 Å². The highest BCUT2D eigenvalue weighted by Gasteiger charge is 2.55. The number of benzene rings is 1. The van der Waals surface area contributed by atoms with Gasteiger partial charge in [0.2, 0.25) is 9.84 Å². The Morgan fingerprint density at radius 3 is 2.59 bits per heavy atom. The standard InChI is InChI=1S/C31H32FN5O3S/c1-20-11-13-33-26(15-20)29(38)31-17-21-19-34-37(25-9-7-24(32)8-10-25)27(21)16-22(31)5-6-23(18-31)30(2,3)41(39,40)28-12-14-36(4)35-28/h7-16,19,23H,5-6,17-18H2,1-4H3/t23-,31-/m0/s1. The molecule has 1 aromatic carbocycles. The largest absolute Gasteiger partial charge is 0.291 e. The minimum absolute atomic E-state index is 0.0403. The lowest BCUT2D eigenvalue weighted by Crippen LogP contribution is -2.49. The molecule has 2 aliphatic rings. The Morgan fingerprint density at radius 2 is 1.90 bits per heavy atom. The zero-order chi connectivity index (χ0) is 29.2. The van der Waals surface area contributed by atoms with E-state index in [1.807, 2.05) is 19.1 Å². The summed E-state index contributed by atoms with van der Waals surface area (Å²) in [6.45, 7) is 5.42. The lowest BCUT2D eigenvalue weighted by molar-refractivity contribution is 0.0735. The summed E-state index contributed by atoms with van der Waals surface area (Å²) in [5.74, 6) is -0.748. The lowest BCUT2D eigenvalue weighted by Gasteiger charge is -2.47. The number of carbonyl (C=O) groups excluding carboxylic acids is 1. The van der Waals surface area contributed by atoms with Crippen molar-refractivity contribution >= 4 is 21.7 Å². The third kappa shape index (κ3) is 4.36. The number of Topliss-reactive ketones (excluding diaryl/α,β-unsaturated/α-hetero) is 1. The average molecular weight is 574 g/mol. The van der Waals surface area contributed by atoms with Gasteiger partial charge in [0.05, 0.1) is 27.7 Å². The van der Waals surface area contributed by atoms with Crippen LogP contribution in [0.5, 0.6) is 0 Å². The number of aromatic nitrogens is 5. The van der Waals surface area contributed by atoms with Crippen LogP contribution in [0.1, 0.15) is 60.4 Å². The van der Waals surface area contributed by atoms with Gasteiger partial charge in [0.25, 0.3) is 0 Å². The van der Waals surface area contributed by atoms with Gasteiger partial charge in [-0.05, 0) is 112 Å². The molecule has 3 heterocycles. The average Bonchev–Trinajstić information content (AvgIpc) is 3.57. The smallest absolute Gasteiger partial charge is 0.202 e. The zero-order valence-corrected chi connectivity index (χ0v) is 24.3. The van der Waals surface area contributed by atoms with Crippen LogP contribution in [-0.2, 0) is 23.3 Å². The van der Waals surface area contributed by atoms with E-state index >= 15 is 0 Å². The number of carbonyl (C=O) groups is 1. The van der Waals surface area contributed by atoms with Crippen molar-refractivity contribution < 1.29 is 17.6 Å². The fourth-order valence-corrected chi connectivity index (χ4v) is 8.08. The molecular weight excluding hydrogens is 541 g/mol. The Kier molecular flexibility index (Phi) is 6.37. The lowest BCUT2D eigenvalue weighted by atomic mass is 9.57. The quantitative estimate of drug-likeness (QED) is 0.290.